The summed E-state index contributed by atoms with van der Waals surface area (Å²) in [6, 6.07) is 7.91. The fourth-order valence-corrected chi connectivity index (χ4v) is 1.85. The molecular formula is C11H8N2O. The molecule has 0 radical (unpaired) electrons. The lowest BCUT2D eigenvalue weighted by Crippen LogP contribution is -2.17. The summed E-state index contributed by atoms with van der Waals surface area (Å²) in [6.45, 7) is 0. The van der Waals surface area contributed by atoms with Gasteiger partial charge in [-0.2, -0.15) is 0 Å². The van der Waals surface area contributed by atoms with Crippen LogP contribution in [0.3, 0.4) is 0 Å². The van der Waals surface area contributed by atoms with Gasteiger partial charge in [-0.05, 0) is 11.6 Å². The first-order valence-corrected chi connectivity index (χ1v) is 4.50. The first kappa shape index (κ1) is 7.50. The zero-order valence-electron chi connectivity index (χ0n) is 7.47. The predicted molar refractivity (Wildman–Crippen MR) is 51.6 cm³/mol. The highest BCUT2D eigenvalue weighted by molar-refractivity contribution is 5.98. The van der Waals surface area contributed by atoms with E-state index in [-0.39, 0.29) is 5.78 Å². The van der Waals surface area contributed by atoms with Gasteiger partial charge in [0.15, 0.2) is 5.78 Å². The van der Waals surface area contributed by atoms with Crippen molar-refractivity contribution in [2.24, 2.45) is 0 Å². The van der Waals surface area contributed by atoms with Gasteiger partial charge in [0.25, 0.3) is 0 Å². The van der Waals surface area contributed by atoms with Crippen molar-refractivity contribution in [2.75, 3.05) is 0 Å². The van der Waals surface area contributed by atoms with Gasteiger partial charge in [0.05, 0.1) is 18.2 Å². The number of aromatic nitrogens is 2. The fourth-order valence-electron chi connectivity index (χ4n) is 1.85. The van der Waals surface area contributed by atoms with Gasteiger partial charge < -0.3 is 0 Å². The molecule has 3 heteroatoms. The Morgan fingerprint density at radius 1 is 1.29 bits per heavy atom. The van der Waals surface area contributed by atoms with E-state index in [1.165, 1.54) is 0 Å². The van der Waals surface area contributed by atoms with Crippen molar-refractivity contribution < 1.29 is 4.79 Å². The molecule has 0 bridgehead atoms. The Bertz CT molecular complexity index is 514. The normalized spacial score (nSPS) is 13.6. The lowest BCUT2D eigenvalue weighted by Gasteiger charge is -2.16. The topological polar surface area (TPSA) is 34.9 Å². The van der Waals surface area contributed by atoms with E-state index in [0.29, 0.717) is 12.1 Å². The molecule has 0 saturated carbocycles. The lowest BCUT2D eigenvalue weighted by atomic mass is 10.0. The number of para-hydroxylation sites is 1. The molecule has 0 atom stereocenters. The van der Waals surface area contributed by atoms with Gasteiger partial charge in [0.2, 0.25) is 0 Å². The van der Waals surface area contributed by atoms with Gasteiger partial charge in [-0.1, -0.05) is 18.2 Å². The molecule has 1 aromatic heterocycles. The lowest BCUT2D eigenvalue weighted by molar-refractivity contribution is 0.0982. The highest BCUT2D eigenvalue weighted by Gasteiger charge is 2.21. The number of ketones is 1. The second kappa shape index (κ2) is 2.54. The molecule has 0 saturated heterocycles. The van der Waals surface area contributed by atoms with E-state index >= 15 is 0 Å². The van der Waals surface area contributed by atoms with E-state index in [0.717, 1.165) is 11.3 Å². The predicted octanol–water partition coefficient (Wildman–Crippen LogP) is 1.61. The van der Waals surface area contributed by atoms with Crippen molar-refractivity contribution in [2.45, 2.75) is 6.42 Å². The average molecular weight is 184 g/mol. The molecule has 3 rings (SSSR count). The molecule has 3 nitrogen and oxygen atoms in total. The van der Waals surface area contributed by atoms with Crippen LogP contribution in [0.4, 0.5) is 0 Å². The van der Waals surface area contributed by atoms with Gasteiger partial charge >= 0.3 is 0 Å². The Kier molecular flexibility index (Phi) is 1.36. The highest BCUT2D eigenvalue weighted by atomic mass is 16.1. The van der Waals surface area contributed by atoms with Gasteiger partial charge in [0.1, 0.15) is 5.69 Å². The van der Waals surface area contributed by atoms with Crippen LogP contribution >= 0.6 is 0 Å². The first-order valence-electron chi connectivity index (χ1n) is 4.50. The van der Waals surface area contributed by atoms with Crippen LogP contribution in [0.5, 0.6) is 0 Å². The number of fused-ring (bicyclic) bond motifs is 3. The van der Waals surface area contributed by atoms with E-state index in [2.05, 4.69) is 4.98 Å². The zero-order chi connectivity index (χ0) is 9.54. The number of carbonyl (C=O) groups excluding carboxylic acids is 1. The number of hydrogen-bond acceptors (Lipinski definition) is 2. The van der Waals surface area contributed by atoms with Crippen LogP contribution in [-0.2, 0) is 6.42 Å². The Balaban J connectivity index is 2.34. The minimum absolute atomic E-state index is 0.140. The minimum atomic E-state index is 0.140. The monoisotopic (exact) mass is 184 g/mol. The van der Waals surface area contributed by atoms with Crippen LogP contribution in [0.25, 0.3) is 5.69 Å². The van der Waals surface area contributed by atoms with E-state index in [4.69, 9.17) is 0 Å². The number of benzene rings is 1. The van der Waals surface area contributed by atoms with Crippen molar-refractivity contribution in [1.29, 1.82) is 0 Å². The van der Waals surface area contributed by atoms with Crippen LogP contribution in [0.2, 0.25) is 0 Å². The third-order valence-electron chi connectivity index (χ3n) is 2.53. The molecule has 0 unspecified atom stereocenters. The van der Waals surface area contributed by atoms with Crippen LogP contribution in [0.1, 0.15) is 16.1 Å². The molecule has 0 fully saturated rings. The molecule has 0 spiro atoms. The van der Waals surface area contributed by atoms with Gasteiger partial charge in [-0.15, -0.1) is 0 Å². The summed E-state index contributed by atoms with van der Waals surface area (Å²) in [5, 5.41) is 0. The van der Waals surface area contributed by atoms with Crippen LogP contribution in [-0.4, -0.2) is 15.3 Å². The molecule has 1 aliphatic heterocycles. The molecule has 1 aliphatic rings. The van der Waals surface area contributed by atoms with E-state index in [9.17, 15) is 4.79 Å². The summed E-state index contributed by atoms with van der Waals surface area (Å²) in [5.74, 6) is 0.140. The molecule has 0 aliphatic carbocycles. The summed E-state index contributed by atoms with van der Waals surface area (Å²) in [4.78, 5) is 15.6. The van der Waals surface area contributed by atoms with Crippen molar-refractivity contribution >= 4 is 5.78 Å². The molecule has 2 aromatic rings. The van der Waals surface area contributed by atoms with Crippen molar-refractivity contribution in [3.8, 4) is 5.69 Å². The Morgan fingerprint density at radius 3 is 3.07 bits per heavy atom. The summed E-state index contributed by atoms with van der Waals surface area (Å²) in [5.41, 5.74) is 2.83. The fraction of sp³-hybridized carbons (Fsp3) is 0.0909. The second-order valence-electron chi connectivity index (χ2n) is 3.38. The van der Waals surface area contributed by atoms with Gasteiger partial charge in [-0.3, -0.25) is 9.36 Å². The summed E-state index contributed by atoms with van der Waals surface area (Å²) in [7, 11) is 0. The third-order valence-corrected chi connectivity index (χ3v) is 2.53. The standard InChI is InChI=1S/C11H8N2O/c14-11-5-8-3-1-2-4-9(8)13-7-12-6-10(11)13/h1-4,6-7H,5H2. The molecule has 68 valence electrons. The van der Waals surface area contributed by atoms with Crippen molar-refractivity contribution in [3.63, 3.8) is 0 Å². The third kappa shape index (κ3) is 0.865. The Labute approximate surface area is 81.0 Å². The van der Waals surface area contributed by atoms with Crippen molar-refractivity contribution in [3.05, 3.63) is 48.0 Å². The smallest absolute Gasteiger partial charge is 0.185 e. The second-order valence-corrected chi connectivity index (χ2v) is 3.38. The van der Waals surface area contributed by atoms with Crippen LogP contribution < -0.4 is 0 Å². The Morgan fingerprint density at radius 2 is 2.14 bits per heavy atom. The maximum atomic E-state index is 11.6. The molecular weight excluding hydrogens is 176 g/mol. The summed E-state index contributed by atoms with van der Waals surface area (Å²) >= 11 is 0. The van der Waals surface area contributed by atoms with Crippen LogP contribution in [0.15, 0.2) is 36.8 Å². The van der Waals surface area contributed by atoms with Gasteiger partial charge in [-0.25, -0.2) is 4.98 Å². The number of hydrogen-bond donors (Lipinski definition) is 0. The maximum Gasteiger partial charge on any atom is 0.185 e. The highest BCUT2D eigenvalue weighted by Crippen LogP contribution is 2.23. The number of imidazole rings is 1. The largest absolute Gasteiger partial charge is 0.296 e. The van der Waals surface area contributed by atoms with E-state index in [1.807, 2.05) is 28.8 Å². The molecule has 0 N–H and O–H groups in total. The molecule has 2 heterocycles. The zero-order valence-corrected chi connectivity index (χ0v) is 7.47. The quantitative estimate of drug-likeness (QED) is 0.623. The molecule has 14 heavy (non-hydrogen) atoms. The number of rotatable bonds is 0. The molecule has 0 amide bonds. The number of Topliss-reactive ketones (excluding diaryl/α,β-unsaturated/α-hetero) is 1. The summed E-state index contributed by atoms with van der Waals surface area (Å²) < 4.78 is 1.85. The minimum Gasteiger partial charge on any atom is -0.296 e. The van der Waals surface area contributed by atoms with E-state index < -0.39 is 0 Å². The Hall–Kier alpha value is -1.90. The van der Waals surface area contributed by atoms with Crippen LogP contribution in [0, 0.1) is 0 Å². The van der Waals surface area contributed by atoms with Crippen molar-refractivity contribution in [1.82, 2.24) is 9.55 Å². The number of nitrogens with zero attached hydrogens (tertiary/aromatic N) is 2. The van der Waals surface area contributed by atoms with E-state index in [1.54, 1.807) is 12.5 Å². The summed E-state index contributed by atoms with van der Waals surface area (Å²) in [6.07, 6.45) is 3.80. The first-order chi connectivity index (χ1) is 6.86. The maximum absolute atomic E-state index is 11.6. The SMILES string of the molecule is O=C1Cc2ccccc2-n2cncc21. The number of carbonyl (C=O) groups is 1. The average Bonchev–Trinajstić information content (AvgIpc) is 2.67. The van der Waals surface area contributed by atoms with Gasteiger partial charge in [0, 0.05) is 6.42 Å². The molecule has 1 aromatic carbocycles.